The first-order chi connectivity index (χ1) is 12.5. The maximum atomic E-state index is 13.5. The molecule has 3 atom stereocenters. The van der Waals surface area contributed by atoms with E-state index in [-0.39, 0.29) is 24.9 Å². The van der Waals surface area contributed by atoms with Gasteiger partial charge in [-0.15, -0.1) is 0 Å². The van der Waals surface area contributed by atoms with Crippen LogP contribution in [0.15, 0.2) is 24.3 Å². The summed E-state index contributed by atoms with van der Waals surface area (Å²) in [6.07, 6.45) is 2.91. The van der Waals surface area contributed by atoms with Gasteiger partial charge in [0.25, 0.3) is 0 Å². The van der Waals surface area contributed by atoms with Crippen LogP contribution in [0.2, 0.25) is 0 Å². The third kappa shape index (κ3) is 3.51. The fourth-order valence-electron chi connectivity index (χ4n) is 4.04. The molecule has 0 amide bonds. The summed E-state index contributed by atoms with van der Waals surface area (Å²) >= 11 is 0. The maximum Gasteiger partial charge on any atom is 0.345 e. The van der Waals surface area contributed by atoms with Crippen molar-refractivity contribution in [3.8, 4) is 5.75 Å². The molecule has 0 N–H and O–H groups in total. The van der Waals surface area contributed by atoms with Crippen LogP contribution in [0, 0.1) is 5.92 Å². The van der Waals surface area contributed by atoms with Crippen LogP contribution in [-0.2, 0) is 23.2 Å². The Balaban J connectivity index is 2.12. The molecular weight excluding hydrogens is 355 g/mol. The minimum Gasteiger partial charge on any atom is -0.426 e. The van der Waals surface area contributed by atoms with Crippen LogP contribution in [0.1, 0.15) is 51.0 Å². The zero-order chi connectivity index (χ0) is 18.7. The van der Waals surface area contributed by atoms with Gasteiger partial charge in [-0.2, -0.15) is 0 Å². The van der Waals surface area contributed by atoms with Crippen LogP contribution in [0.4, 0.5) is 0 Å². The third-order valence-electron chi connectivity index (χ3n) is 5.06. The average molecular weight is 380 g/mol. The van der Waals surface area contributed by atoms with Gasteiger partial charge in [0.15, 0.2) is 5.66 Å². The van der Waals surface area contributed by atoms with Crippen LogP contribution in [0.25, 0.3) is 0 Å². The number of para-hydroxylation sites is 1. The number of carbonyl (C=O) groups excluding carboxylic acids is 2. The number of hydrogen-bond acceptors (Lipinski definition) is 6. The van der Waals surface area contributed by atoms with Gasteiger partial charge in [-0.25, -0.2) is 0 Å². The number of Topliss-reactive ketones (excluding diaryl/α,β-unsaturated/α-hetero) is 1. The molecule has 1 aliphatic heterocycles. The zero-order valence-electron chi connectivity index (χ0n) is 15.2. The smallest absolute Gasteiger partial charge is 0.345 e. The largest absolute Gasteiger partial charge is 0.426 e. The molecule has 0 spiro atoms. The highest BCUT2D eigenvalue weighted by atomic mass is 31.2. The fraction of sp³-hybridized carbons (Fsp3) is 0.579. The molecule has 0 radical (unpaired) electrons. The van der Waals surface area contributed by atoms with E-state index in [4.69, 9.17) is 13.8 Å². The number of ether oxygens (including phenoxy) is 1. The SMILES string of the molecule is CCOP(=O)(OCC)[C@@H]1C(=O)Oc2ccccc2[C@H]1[C@@H]1CCCCC1=O. The van der Waals surface area contributed by atoms with E-state index in [2.05, 4.69) is 0 Å². The molecule has 3 rings (SSSR count). The van der Waals surface area contributed by atoms with Gasteiger partial charge in [0, 0.05) is 23.8 Å². The molecule has 6 nitrogen and oxygen atoms in total. The highest BCUT2D eigenvalue weighted by Crippen LogP contribution is 2.62. The summed E-state index contributed by atoms with van der Waals surface area (Å²) in [6, 6.07) is 7.15. The molecule has 142 valence electrons. The molecule has 26 heavy (non-hydrogen) atoms. The number of carbonyl (C=O) groups is 2. The summed E-state index contributed by atoms with van der Waals surface area (Å²) < 4.78 is 29.9. The van der Waals surface area contributed by atoms with Gasteiger partial charge >= 0.3 is 13.6 Å². The molecule has 1 aromatic carbocycles. The first-order valence-electron chi connectivity index (χ1n) is 9.24. The number of rotatable bonds is 6. The minimum atomic E-state index is -3.78. The molecule has 1 aromatic rings. The summed E-state index contributed by atoms with van der Waals surface area (Å²) in [4.78, 5) is 25.5. The highest BCUT2D eigenvalue weighted by Gasteiger charge is 2.54. The average Bonchev–Trinajstić information content (AvgIpc) is 2.61. The van der Waals surface area contributed by atoms with Gasteiger partial charge in [-0.1, -0.05) is 24.6 Å². The highest BCUT2D eigenvalue weighted by molar-refractivity contribution is 7.55. The lowest BCUT2D eigenvalue weighted by atomic mass is 9.73. The topological polar surface area (TPSA) is 78.9 Å². The maximum absolute atomic E-state index is 13.5. The summed E-state index contributed by atoms with van der Waals surface area (Å²) in [5.41, 5.74) is -0.388. The van der Waals surface area contributed by atoms with Crippen molar-refractivity contribution in [3.63, 3.8) is 0 Å². The first kappa shape index (κ1) is 19.3. The second kappa shape index (κ2) is 8.03. The molecule has 0 unspecified atom stereocenters. The Bertz CT molecular complexity index is 720. The Labute approximate surface area is 153 Å². The van der Waals surface area contributed by atoms with Crippen LogP contribution < -0.4 is 4.74 Å². The predicted octanol–water partition coefficient (Wildman–Crippen LogP) is 4.08. The number of ketones is 1. The minimum absolute atomic E-state index is 0.107. The predicted molar refractivity (Wildman–Crippen MR) is 96.4 cm³/mol. The molecular formula is C19H25O6P. The Hall–Kier alpha value is -1.49. The lowest BCUT2D eigenvalue weighted by Gasteiger charge is -2.39. The monoisotopic (exact) mass is 380 g/mol. The van der Waals surface area contributed by atoms with E-state index >= 15 is 0 Å². The number of benzene rings is 1. The van der Waals surface area contributed by atoms with Crippen molar-refractivity contribution in [2.45, 2.75) is 51.1 Å². The van der Waals surface area contributed by atoms with E-state index in [9.17, 15) is 14.2 Å². The molecule has 2 aliphatic rings. The van der Waals surface area contributed by atoms with Crippen LogP contribution in [-0.4, -0.2) is 30.6 Å². The molecule has 0 aromatic heterocycles. The normalized spacial score (nSPS) is 26.3. The lowest BCUT2D eigenvalue weighted by Crippen LogP contribution is -2.43. The van der Waals surface area contributed by atoms with Crippen molar-refractivity contribution in [1.82, 2.24) is 0 Å². The second-order valence-electron chi connectivity index (χ2n) is 6.62. The standard InChI is InChI=1S/C19H25O6P/c1-3-23-26(22,24-4-2)18-17(13-9-5-7-11-15(13)20)14-10-6-8-12-16(14)25-19(18)21/h6,8,10,12-13,17-18H,3-5,7,9,11H2,1-2H3/t13-,17-,18+/m1/s1. The summed E-state index contributed by atoms with van der Waals surface area (Å²) in [5, 5.41) is 0. The number of fused-ring (bicyclic) bond motifs is 1. The summed E-state index contributed by atoms with van der Waals surface area (Å²) in [6.45, 7) is 3.70. The Morgan fingerprint density at radius 3 is 2.46 bits per heavy atom. The van der Waals surface area contributed by atoms with Crippen LogP contribution >= 0.6 is 7.60 Å². The zero-order valence-corrected chi connectivity index (χ0v) is 16.1. The van der Waals surface area contributed by atoms with Gasteiger partial charge < -0.3 is 13.8 Å². The van der Waals surface area contributed by atoms with E-state index in [1.54, 1.807) is 26.0 Å². The van der Waals surface area contributed by atoms with Gasteiger partial charge in [-0.3, -0.25) is 14.2 Å². The Morgan fingerprint density at radius 1 is 1.12 bits per heavy atom. The molecule has 1 saturated carbocycles. The van der Waals surface area contributed by atoms with Crippen molar-refractivity contribution in [2.75, 3.05) is 13.2 Å². The molecule has 1 aliphatic carbocycles. The fourth-order valence-corrected chi connectivity index (χ4v) is 6.23. The molecule has 0 saturated heterocycles. The van der Waals surface area contributed by atoms with Crippen LogP contribution in [0.5, 0.6) is 5.75 Å². The first-order valence-corrected chi connectivity index (χ1v) is 10.8. The van der Waals surface area contributed by atoms with Crippen molar-refractivity contribution in [2.24, 2.45) is 5.92 Å². The molecule has 7 heteroatoms. The quantitative estimate of drug-likeness (QED) is 0.420. The lowest BCUT2D eigenvalue weighted by molar-refractivity contribution is -0.137. The molecule has 1 heterocycles. The summed E-state index contributed by atoms with van der Waals surface area (Å²) in [7, 11) is -3.78. The molecule has 0 bridgehead atoms. The van der Waals surface area contributed by atoms with Gasteiger partial charge in [0.05, 0.1) is 13.2 Å². The van der Waals surface area contributed by atoms with Crippen LogP contribution in [0.3, 0.4) is 0 Å². The van der Waals surface area contributed by atoms with E-state index < -0.39 is 25.1 Å². The van der Waals surface area contributed by atoms with E-state index in [0.29, 0.717) is 18.6 Å². The van der Waals surface area contributed by atoms with Gasteiger partial charge in [0.2, 0.25) is 0 Å². The van der Waals surface area contributed by atoms with Crippen molar-refractivity contribution >= 4 is 19.3 Å². The van der Waals surface area contributed by atoms with Crippen molar-refractivity contribution in [1.29, 1.82) is 0 Å². The number of hydrogen-bond donors (Lipinski definition) is 0. The van der Waals surface area contributed by atoms with Gasteiger partial charge in [-0.05, 0) is 32.8 Å². The van der Waals surface area contributed by atoms with Crippen molar-refractivity contribution in [3.05, 3.63) is 29.8 Å². The second-order valence-corrected chi connectivity index (χ2v) is 8.78. The van der Waals surface area contributed by atoms with Crippen molar-refractivity contribution < 1.29 is 27.9 Å². The van der Waals surface area contributed by atoms with E-state index in [0.717, 1.165) is 18.4 Å². The summed E-state index contributed by atoms with van der Waals surface area (Å²) in [5.74, 6) is -1.04. The molecule has 1 fully saturated rings. The Morgan fingerprint density at radius 2 is 1.81 bits per heavy atom. The third-order valence-corrected chi connectivity index (χ3v) is 7.51. The number of esters is 1. The van der Waals surface area contributed by atoms with E-state index in [1.807, 2.05) is 12.1 Å². The Kier molecular flexibility index (Phi) is 5.96. The van der Waals surface area contributed by atoms with E-state index in [1.165, 1.54) is 0 Å². The van der Waals surface area contributed by atoms with Gasteiger partial charge in [0.1, 0.15) is 11.5 Å².